The SMILES string of the molecule is N[C@@H]1CC(c2ccccc2Cl)Oc2ccccc21. The molecule has 1 unspecified atom stereocenters. The molecular weight excluding hydrogens is 246 g/mol. The molecule has 2 aromatic carbocycles. The van der Waals surface area contributed by atoms with Crippen molar-refractivity contribution in [1.82, 2.24) is 0 Å². The minimum atomic E-state index is -0.0661. The van der Waals surface area contributed by atoms with Crippen LogP contribution in [-0.4, -0.2) is 0 Å². The van der Waals surface area contributed by atoms with Crippen molar-refractivity contribution in [2.24, 2.45) is 5.73 Å². The monoisotopic (exact) mass is 259 g/mol. The molecule has 0 radical (unpaired) electrons. The summed E-state index contributed by atoms with van der Waals surface area (Å²) in [7, 11) is 0. The zero-order valence-electron chi connectivity index (χ0n) is 9.84. The largest absolute Gasteiger partial charge is 0.485 e. The van der Waals surface area contributed by atoms with Crippen LogP contribution in [0.5, 0.6) is 5.75 Å². The summed E-state index contributed by atoms with van der Waals surface area (Å²) in [6, 6.07) is 15.7. The lowest BCUT2D eigenvalue weighted by atomic mass is 9.94. The van der Waals surface area contributed by atoms with E-state index in [2.05, 4.69) is 0 Å². The van der Waals surface area contributed by atoms with Crippen molar-refractivity contribution < 1.29 is 4.74 Å². The van der Waals surface area contributed by atoms with Crippen molar-refractivity contribution >= 4 is 11.6 Å². The number of benzene rings is 2. The van der Waals surface area contributed by atoms with E-state index in [0.29, 0.717) is 0 Å². The second-order valence-corrected chi connectivity index (χ2v) is 4.92. The maximum atomic E-state index is 6.21. The molecule has 0 aromatic heterocycles. The van der Waals surface area contributed by atoms with Crippen molar-refractivity contribution in [3.63, 3.8) is 0 Å². The first-order chi connectivity index (χ1) is 8.75. The van der Waals surface area contributed by atoms with Gasteiger partial charge in [0.15, 0.2) is 0 Å². The molecule has 1 aliphatic rings. The molecule has 1 aliphatic heterocycles. The number of halogens is 1. The lowest BCUT2D eigenvalue weighted by Gasteiger charge is -2.30. The smallest absolute Gasteiger partial charge is 0.127 e. The minimum Gasteiger partial charge on any atom is -0.485 e. The van der Waals surface area contributed by atoms with E-state index in [1.54, 1.807) is 0 Å². The summed E-state index contributed by atoms with van der Waals surface area (Å²) in [5.41, 5.74) is 8.28. The number of fused-ring (bicyclic) bond motifs is 1. The Hall–Kier alpha value is -1.51. The Bertz CT molecular complexity index is 570. The number of para-hydroxylation sites is 1. The highest BCUT2D eigenvalue weighted by Crippen LogP contribution is 2.40. The van der Waals surface area contributed by atoms with Gasteiger partial charge in [-0.3, -0.25) is 0 Å². The van der Waals surface area contributed by atoms with E-state index in [9.17, 15) is 0 Å². The van der Waals surface area contributed by atoms with Crippen LogP contribution in [0.25, 0.3) is 0 Å². The number of hydrogen-bond donors (Lipinski definition) is 1. The van der Waals surface area contributed by atoms with Gasteiger partial charge in [-0.05, 0) is 12.1 Å². The third kappa shape index (κ3) is 1.98. The fourth-order valence-corrected chi connectivity index (χ4v) is 2.64. The zero-order valence-corrected chi connectivity index (χ0v) is 10.6. The maximum absolute atomic E-state index is 6.21. The highest BCUT2D eigenvalue weighted by atomic mass is 35.5. The lowest BCUT2D eigenvalue weighted by molar-refractivity contribution is 0.161. The molecule has 0 spiro atoms. The highest BCUT2D eigenvalue weighted by Gasteiger charge is 2.27. The van der Waals surface area contributed by atoms with E-state index in [4.69, 9.17) is 22.1 Å². The van der Waals surface area contributed by atoms with E-state index in [-0.39, 0.29) is 12.1 Å². The van der Waals surface area contributed by atoms with Crippen LogP contribution in [-0.2, 0) is 0 Å². The molecule has 2 aromatic rings. The average Bonchev–Trinajstić information content (AvgIpc) is 2.39. The molecule has 2 N–H and O–H groups in total. The predicted molar refractivity (Wildman–Crippen MR) is 72.8 cm³/mol. The molecule has 0 aliphatic carbocycles. The third-order valence-electron chi connectivity index (χ3n) is 3.31. The lowest BCUT2D eigenvalue weighted by Crippen LogP contribution is -2.24. The van der Waals surface area contributed by atoms with Gasteiger partial charge in [0.05, 0.1) is 0 Å². The first-order valence-corrected chi connectivity index (χ1v) is 6.39. The topological polar surface area (TPSA) is 35.2 Å². The van der Waals surface area contributed by atoms with Gasteiger partial charge in [0, 0.05) is 28.6 Å². The van der Waals surface area contributed by atoms with E-state index in [1.807, 2.05) is 48.5 Å². The first-order valence-electron chi connectivity index (χ1n) is 6.01. The standard InChI is InChI=1S/C15H14ClNO/c16-12-7-3-1-5-10(12)15-9-13(17)11-6-2-4-8-14(11)18-15/h1-8,13,15H,9,17H2/t13-,15?/m1/s1. The first kappa shape index (κ1) is 11.6. The Balaban J connectivity index is 1.97. The minimum absolute atomic E-state index is 0.00350. The Morgan fingerprint density at radius 2 is 1.67 bits per heavy atom. The quantitative estimate of drug-likeness (QED) is 0.844. The molecule has 3 rings (SSSR count). The molecule has 18 heavy (non-hydrogen) atoms. The van der Waals surface area contributed by atoms with Gasteiger partial charge in [0.25, 0.3) is 0 Å². The molecule has 92 valence electrons. The van der Waals surface area contributed by atoms with Gasteiger partial charge < -0.3 is 10.5 Å². The van der Waals surface area contributed by atoms with E-state index >= 15 is 0 Å². The van der Waals surface area contributed by atoms with E-state index in [0.717, 1.165) is 28.3 Å². The normalized spacial score (nSPS) is 22.1. The second kappa shape index (κ2) is 4.63. The molecule has 0 saturated heterocycles. The third-order valence-corrected chi connectivity index (χ3v) is 3.65. The van der Waals surface area contributed by atoms with Gasteiger partial charge in [0.2, 0.25) is 0 Å². The number of rotatable bonds is 1. The summed E-state index contributed by atoms with van der Waals surface area (Å²) in [5.74, 6) is 0.862. The Morgan fingerprint density at radius 3 is 2.44 bits per heavy atom. The van der Waals surface area contributed by atoms with Crippen LogP contribution in [0, 0.1) is 0 Å². The molecule has 0 amide bonds. The summed E-state index contributed by atoms with van der Waals surface area (Å²) in [6.45, 7) is 0. The number of nitrogens with two attached hydrogens (primary N) is 1. The van der Waals surface area contributed by atoms with Crippen LogP contribution in [0.4, 0.5) is 0 Å². The van der Waals surface area contributed by atoms with Crippen LogP contribution in [0.1, 0.15) is 29.7 Å². The summed E-state index contributed by atoms with van der Waals surface area (Å²) < 4.78 is 6.00. The van der Waals surface area contributed by atoms with Gasteiger partial charge in [-0.15, -0.1) is 0 Å². The van der Waals surface area contributed by atoms with Crippen molar-refractivity contribution in [2.45, 2.75) is 18.6 Å². The van der Waals surface area contributed by atoms with Gasteiger partial charge in [-0.1, -0.05) is 48.0 Å². The molecule has 0 fully saturated rings. The van der Waals surface area contributed by atoms with Crippen molar-refractivity contribution in [3.05, 3.63) is 64.7 Å². The van der Waals surface area contributed by atoms with Crippen LogP contribution >= 0.6 is 11.6 Å². The molecule has 3 heteroatoms. The van der Waals surface area contributed by atoms with E-state index < -0.39 is 0 Å². The van der Waals surface area contributed by atoms with E-state index in [1.165, 1.54) is 0 Å². The van der Waals surface area contributed by atoms with Crippen molar-refractivity contribution in [1.29, 1.82) is 0 Å². The molecular formula is C15H14ClNO. The van der Waals surface area contributed by atoms with Gasteiger partial charge in [-0.2, -0.15) is 0 Å². The second-order valence-electron chi connectivity index (χ2n) is 4.51. The van der Waals surface area contributed by atoms with Crippen molar-refractivity contribution in [3.8, 4) is 5.75 Å². The molecule has 0 saturated carbocycles. The molecule has 2 atom stereocenters. The Labute approximate surface area is 111 Å². The zero-order chi connectivity index (χ0) is 12.5. The predicted octanol–water partition coefficient (Wildman–Crippen LogP) is 3.86. The molecule has 2 nitrogen and oxygen atoms in total. The number of hydrogen-bond acceptors (Lipinski definition) is 2. The van der Waals surface area contributed by atoms with Gasteiger partial charge in [-0.25, -0.2) is 0 Å². The van der Waals surface area contributed by atoms with Crippen LogP contribution in [0.15, 0.2) is 48.5 Å². The van der Waals surface area contributed by atoms with Crippen LogP contribution in [0.2, 0.25) is 5.02 Å². The maximum Gasteiger partial charge on any atom is 0.127 e. The van der Waals surface area contributed by atoms with Gasteiger partial charge in [0.1, 0.15) is 11.9 Å². The fourth-order valence-electron chi connectivity index (χ4n) is 2.38. The van der Waals surface area contributed by atoms with Crippen molar-refractivity contribution in [2.75, 3.05) is 0 Å². The van der Waals surface area contributed by atoms with Crippen LogP contribution < -0.4 is 10.5 Å². The number of ether oxygens (including phenoxy) is 1. The average molecular weight is 260 g/mol. The highest BCUT2D eigenvalue weighted by molar-refractivity contribution is 6.31. The van der Waals surface area contributed by atoms with Crippen LogP contribution in [0.3, 0.4) is 0 Å². The summed E-state index contributed by atoms with van der Waals surface area (Å²) >= 11 is 6.21. The Morgan fingerprint density at radius 1 is 1.00 bits per heavy atom. The Kier molecular flexibility index (Phi) is 2.98. The van der Waals surface area contributed by atoms with Gasteiger partial charge >= 0.3 is 0 Å². The fraction of sp³-hybridized carbons (Fsp3) is 0.200. The molecule has 0 bridgehead atoms. The molecule has 1 heterocycles. The summed E-state index contributed by atoms with van der Waals surface area (Å²) in [6.07, 6.45) is 0.685. The summed E-state index contributed by atoms with van der Waals surface area (Å²) in [4.78, 5) is 0. The summed E-state index contributed by atoms with van der Waals surface area (Å²) in [5, 5.41) is 0.731.